The van der Waals surface area contributed by atoms with Crippen LogP contribution >= 0.6 is 0 Å². The number of amides is 1. The zero-order valence-electron chi connectivity index (χ0n) is 15.9. The molecule has 1 saturated heterocycles. The van der Waals surface area contributed by atoms with Gasteiger partial charge in [0.05, 0.1) is 0 Å². The first-order valence-electron chi connectivity index (χ1n) is 10.5. The Kier molecular flexibility index (Phi) is 5.76. The number of benzene rings is 2. The van der Waals surface area contributed by atoms with Gasteiger partial charge in [0.25, 0.3) is 0 Å². The van der Waals surface area contributed by atoms with Crippen molar-refractivity contribution in [1.29, 1.82) is 0 Å². The van der Waals surface area contributed by atoms with Gasteiger partial charge < -0.3 is 10.6 Å². The van der Waals surface area contributed by atoms with Gasteiger partial charge in [0.2, 0.25) is 5.91 Å². The number of hydrogen-bond donors (Lipinski definition) is 2. The third-order valence-corrected chi connectivity index (χ3v) is 6.36. The fourth-order valence-electron chi connectivity index (χ4n) is 5.10. The van der Waals surface area contributed by atoms with E-state index >= 15 is 0 Å². The van der Waals surface area contributed by atoms with E-state index in [0.29, 0.717) is 17.9 Å². The Balaban J connectivity index is 1.45. The van der Waals surface area contributed by atoms with Crippen LogP contribution in [0.15, 0.2) is 60.7 Å². The molecule has 1 amide bonds. The molecule has 0 radical (unpaired) electrons. The van der Waals surface area contributed by atoms with E-state index in [4.69, 9.17) is 0 Å². The summed E-state index contributed by atoms with van der Waals surface area (Å²) in [6.07, 6.45) is 6.87. The van der Waals surface area contributed by atoms with Crippen LogP contribution < -0.4 is 10.6 Å². The maximum Gasteiger partial charge on any atom is 0.223 e. The molecule has 4 atom stereocenters. The lowest BCUT2D eigenvalue weighted by molar-refractivity contribution is -0.131. The molecule has 4 rings (SSSR count). The van der Waals surface area contributed by atoms with Crippen molar-refractivity contribution in [2.24, 2.45) is 11.8 Å². The Morgan fingerprint density at radius 2 is 1.63 bits per heavy atom. The van der Waals surface area contributed by atoms with Crippen LogP contribution in [0.4, 0.5) is 5.69 Å². The van der Waals surface area contributed by atoms with Gasteiger partial charge in [0.15, 0.2) is 0 Å². The summed E-state index contributed by atoms with van der Waals surface area (Å²) in [5, 5.41) is 6.85. The van der Waals surface area contributed by atoms with Gasteiger partial charge in [-0.15, -0.1) is 0 Å². The molecule has 2 aromatic rings. The summed E-state index contributed by atoms with van der Waals surface area (Å²) >= 11 is 0. The molecule has 142 valence electrons. The summed E-state index contributed by atoms with van der Waals surface area (Å²) in [7, 11) is 0. The van der Waals surface area contributed by atoms with Crippen LogP contribution in [0.1, 0.15) is 50.0 Å². The first-order chi connectivity index (χ1) is 13.3. The average Bonchev–Trinajstić information content (AvgIpc) is 2.72. The second kappa shape index (κ2) is 8.60. The second-order valence-electron chi connectivity index (χ2n) is 8.04. The van der Waals surface area contributed by atoms with Gasteiger partial charge in [-0.05, 0) is 49.3 Å². The molecule has 2 fully saturated rings. The first-order valence-corrected chi connectivity index (χ1v) is 10.5. The zero-order chi connectivity index (χ0) is 18.5. The normalized spacial score (nSPS) is 27.5. The lowest BCUT2D eigenvalue weighted by Crippen LogP contribution is -2.54. The van der Waals surface area contributed by atoms with Crippen molar-refractivity contribution in [1.82, 2.24) is 5.32 Å². The minimum absolute atomic E-state index is 0.0873. The maximum atomic E-state index is 13.0. The highest BCUT2D eigenvalue weighted by Gasteiger charge is 2.44. The van der Waals surface area contributed by atoms with Gasteiger partial charge in [0.1, 0.15) is 0 Å². The summed E-state index contributed by atoms with van der Waals surface area (Å²) < 4.78 is 0. The van der Waals surface area contributed by atoms with Crippen LogP contribution in [0.3, 0.4) is 0 Å². The molecule has 0 spiro atoms. The Morgan fingerprint density at radius 1 is 0.926 bits per heavy atom. The van der Waals surface area contributed by atoms with E-state index < -0.39 is 0 Å². The number of carbonyl (C=O) groups is 1. The van der Waals surface area contributed by atoms with Gasteiger partial charge in [-0.1, -0.05) is 61.4 Å². The predicted molar refractivity (Wildman–Crippen MR) is 111 cm³/mol. The van der Waals surface area contributed by atoms with Crippen LogP contribution in [0.25, 0.3) is 0 Å². The van der Waals surface area contributed by atoms with Gasteiger partial charge in [-0.25, -0.2) is 0 Å². The maximum absolute atomic E-state index is 13.0. The van der Waals surface area contributed by atoms with Crippen LogP contribution in [0.5, 0.6) is 0 Å². The largest absolute Gasteiger partial charge is 0.385 e. The van der Waals surface area contributed by atoms with E-state index in [1.54, 1.807) is 0 Å². The molecule has 4 unspecified atom stereocenters. The summed E-state index contributed by atoms with van der Waals surface area (Å²) in [6, 6.07) is 21.4. The Hall–Kier alpha value is -2.29. The smallest absolute Gasteiger partial charge is 0.223 e. The summed E-state index contributed by atoms with van der Waals surface area (Å²) in [4.78, 5) is 13.0. The number of para-hydroxylation sites is 1. The van der Waals surface area contributed by atoms with Crippen LogP contribution in [-0.2, 0) is 4.79 Å². The summed E-state index contributed by atoms with van der Waals surface area (Å²) in [5.41, 5.74) is 2.50. The van der Waals surface area contributed by atoms with E-state index in [9.17, 15) is 4.79 Å². The fourth-order valence-corrected chi connectivity index (χ4v) is 5.10. The van der Waals surface area contributed by atoms with E-state index in [2.05, 4.69) is 53.1 Å². The van der Waals surface area contributed by atoms with E-state index in [-0.39, 0.29) is 11.8 Å². The second-order valence-corrected chi connectivity index (χ2v) is 8.04. The van der Waals surface area contributed by atoms with E-state index in [1.807, 2.05) is 18.2 Å². The number of nitrogens with one attached hydrogen (secondary N) is 2. The number of anilines is 1. The van der Waals surface area contributed by atoms with Crippen LogP contribution in [-0.4, -0.2) is 18.5 Å². The van der Waals surface area contributed by atoms with Gasteiger partial charge in [-0.2, -0.15) is 0 Å². The molecule has 0 bridgehead atoms. The predicted octanol–water partition coefficient (Wildman–Crippen LogP) is 4.97. The topological polar surface area (TPSA) is 41.1 Å². The van der Waals surface area contributed by atoms with Crippen molar-refractivity contribution in [2.75, 3.05) is 11.9 Å². The minimum Gasteiger partial charge on any atom is -0.385 e. The molecule has 27 heavy (non-hydrogen) atoms. The molecule has 1 saturated carbocycles. The molecule has 0 aromatic heterocycles. The number of fused-ring (bicyclic) bond motifs is 1. The Labute approximate surface area is 162 Å². The van der Waals surface area contributed by atoms with E-state index in [1.165, 1.54) is 24.8 Å². The minimum atomic E-state index is 0.0873. The SMILES string of the molecule is O=C1NC2CCCCC2C(c2ccccc2)C1CCCNc1ccccc1. The van der Waals surface area contributed by atoms with Crippen LogP contribution in [0, 0.1) is 11.8 Å². The quantitative estimate of drug-likeness (QED) is 0.713. The van der Waals surface area contributed by atoms with Gasteiger partial charge in [-0.3, -0.25) is 4.79 Å². The lowest BCUT2D eigenvalue weighted by atomic mass is 9.65. The molecule has 2 aliphatic rings. The van der Waals surface area contributed by atoms with Crippen LogP contribution in [0.2, 0.25) is 0 Å². The van der Waals surface area contributed by atoms with Crippen molar-refractivity contribution in [3.63, 3.8) is 0 Å². The van der Waals surface area contributed by atoms with E-state index in [0.717, 1.165) is 31.5 Å². The molecule has 3 heteroatoms. The van der Waals surface area contributed by atoms with Crippen molar-refractivity contribution in [3.05, 3.63) is 66.2 Å². The highest BCUT2D eigenvalue weighted by Crippen LogP contribution is 2.45. The van der Waals surface area contributed by atoms with Crippen molar-refractivity contribution in [2.45, 2.75) is 50.5 Å². The highest BCUT2D eigenvalue weighted by molar-refractivity contribution is 5.81. The Morgan fingerprint density at radius 3 is 2.41 bits per heavy atom. The first kappa shape index (κ1) is 18.1. The van der Waals surface area contributed by atoms with Gasteiger partial charge in [0, 0.05) is 30.1 Å². The Bertz CT molecular complexity index is 731. The molecule has 1 heterocycles. The summed E-state index contributed by atoms with van der Waals surface area (Å²) in [5.74, 6) is 1.31. The third kappa shape index (κ3) is 4.18. The molecule has 3 nitrogen and oxygen atoms in total. The third-order valence-electron chi connectivity index (χ3n) is 6.36. The number of piperidine rings is 1. The van der Waals surface area contributed by atoms with Crippen molar-refractivity contribution < 1.29 is 4.79 Å². The van der Waals surface area contributed by atoms with Crippen molar-refractivity contribution in [3.8, 4) is 0 Å². The monoisotopic (exact) mass is 362 g/mol. The average molecular weight is 363 g/mol. The van der Waals surface area contributed by atoms with Crippen molar-refractivity contribution >= 4 is 11.6 Å². The van der Waals surface area contributed by atoms with Gasteiger partial charge >= 0.3 is 0 Å². The number of carbonyl (C=O) groups excluding carboxylic acids is 1. The highest BCUT2D eigenvalue weighted by atomic mass is 16.2. The molecule has 1 aliphatic carbocycles. The molecular weight excluding hydrogens is 332 g/mol. The standard InChI is InChI=1S/C24H30N2O/c27-24-21(15-9-17-25-19-12-5-2-6-13-19)23(18-10-3-1-4-11-18)20-14-7-8-16-22(20)26-24/h1-6,10-13,20-23,25H,7-9,14-17H2,(H,26,27). The molecule has 2 N–H and O–H groups in total. The number of hydrogen-bond acceptors (Lipinski definition) is 2. The summed E-state index contributed by atoms with van der Waals surface area (Å²) in [6.45, 7) is 0.906. The number of rotatable bonds is 6. The zero-order valence-corrected chi connectivity index (χ0v) is 15.9. The molecule has 1 aliphatic heterocycles. The molecule has 2 aromatic carbocycles. The molecular formula is C24H30N2O. The fraction of sp³-hybridized carbons (Fsp3) is 0.458. The lowest BCUT2D eigenvalue weighted by Gasteiger charge is -2.46.